The Morgan fingerprint density at radius 3 is 2.60 bits per heavy atom. The van der Waals surface area contributed by atoms with Crippen molar-refractivity contribution in [1.82, 2.24) is 15.1 Å². The van der Waals surface area contributed by atoms with Crippen molar-refractivity contribution in [3.05, 3.63) is 23.8 Å². The van der Waals surface area contributed by atoms with Crippen molar-refractivity contribution in [3.63, 3.8) is 0 Å². The molecule has 0 spiro atoms. The van der Waals surface area contributed by atoms with Gasteiger partial charge in [-0.25, -0.2) is 0 Å². The molecule has 0 saturated carbocycles. The molecule has 0 aliphatic carbocycles. The van der Waals surface area contributed by atoms with Crippen LogP contribution in [0.15, 0.2) is 18.2 Å². The van der Waals surface area contributed by atoms with Crippen LogP contribution in [0.1, 0.15) is 57.6 Å². The molecular weight excluding hydrogens is 378 g/mol. The second-order valence-corrected chi connectivity index (χ2v) is 9.32. The summed E-state index contributed by atoms with van der Waals surface area (Å²) in [4.78, 5) is 17.9. The molecule has 0 bridgehead atoms. The largest absolute Gasteiger partial charge is 0.490 e. The number of rotatable bonds is 7. The Balaban J connectivity index is 1.38. The molecule has 0 aromatic heterocycles. The minimum atomic E-state index is -0.0331. The van der Waals surface area contributed by atoms with E-state index in [1.54, 1.807) is 0 Å². The number of nitrogens with one attached hydrogen (secondary N) is 1. The first-order valence-corrected chi connectivity index (χ1v) is 11.8. The summed E-state index contributed by atoms with van der Waals surface area (Å²) in [6.45, 7) is 10.7. The van der Waals surface area contributed by atoms with E-state index in [0.717, 1.165) is 36.6 Å². The summed E-state index contributed by atoms with van der Waals surface area (Å²) >= 11 is 0. The first-order valence-electron chi connectivity index (χ1n) is 11.8. The number of hydrogen-bond donors (Lipinski definition) is 1. The molecule has 1 amide bonds. The smallest absolute Gasteiger partial charge is 0.234 e. The molecular formula is C24H37N3O3. The van der Waals surface area contributed by atoms with Gasteiger partial charge in [0.15, 0.2) is 11.5 Å². The van der Waals surface area contributed by atoms with Gasteiger partial charge in [-0.15, -0.1) is 0 Å². The topological polar surface area (TPSA) is 54.0 Å². The van der Waals surface area contributed by atoms with E-state index < -0.39 is 0 Å². The van der Waals surface area contributed by atoms with Crippen molar-refractivity contribution in [2.24, 2.45) is 5.92 Å². The van der Waals surface area contributed by atoms with Gasteiger partial charge in [-0.3, -0.25) is 9.69 Å². The van der Waals surface area contributed by atoms with Crippen molar-refractivity contribution >= 4 is 5.91 Å². The molecule has 1 N–H and O–H groups in total. The Kier molecular flexibility index (Phi) is 7.16. The number of amides is 1. The van der Waals surface area contributed by atoms with Crippen LogP contribution in [0.3, 0.4) is 0 Å². The molecule has 30 heavy (non-hydrogen) atoms. The lowest BCUT2D eigenvalue weighted by Gasteiger charge is -2.29. The van der Waals surface area contributed by atoms with Crippen LogP contribution in [0.4, 0.5) is 0 Å². The van der Waals surface area contributed by atoms with Gasteiger partial charge in [-0.2, -0.15) is 0 Å². The molecule has 4 rings (SSSR count). The first kappa shape index (κ1) is 21.4. The lowest BCUT2D eigenvalue weighted by atomic mass is 9.95. The van der Waals surface area contributed by atoms with E-state index in [9.17, 15) is 4.79 Å². The van der Waals surface area contributed by atoms with Crippen LogP contribution in [0, 0.1) is 5.92 Å². The quantitative estimate of drug-likeness (QED) is 0.741. The zero-order valence-electron chi connectivity index (χ0n) is 18.6. The van der Waals surface area contributed by atoms with Gasteiger partial charge in [-0.05, 0) is 68.9 Å². The van der Waals surface area contributed by atoms with E-state index in [2.05, 4.69) is 35.0 Å². The number of likely N-dealkylation sites (tertiary alicyclic amines) is 2. The summed E-state index contributed by atoms with van der Waals surface area (Å²) in [5, 5.41) is 3.31. The standard InChI is InChI=1S/C24H37N3O3/c1-18(2)24(19-8-9-21-22(15-19)30-14-6-13-29-21)25-23(28)17-27-12-5-7-20(27)16-26-10-3-4-11-26/h8-9,15,18,20,24H,3-7,10-14,16-17H2,1-2H3,(H,25,28). The number of fused-ring (bicyclic) bond motifs is 1. The van der Waals surface area contributed by atoms with Crippen LogP contribution < -0.4 is 14.8 Å². The van der Waals surface area contributed by atoms with Gasteiger partial charge in [0.1, 0.15) is 0 Å². The maximum Gasteiger partial charge on any atom is 0.234 e. The molecule has 2 atom stereocenters. The molecule has 1 aromatic carbocycles. The number of ether oxygens (including phenoxy) is 2. The highest BCUT2D eigenvalue weighted by Crippen LogP contribution is 2.34. The third-order valence-corrected chi connectivity index (χ3v) is 6.63. The molecule has 1 aromatic rings. The Morgan fingerprint density at radius 2 is 1.83 bits per heavy atom. The summed E-state index contributed by atoms with van der Waals surface area (Å²) in [5.74, 6) is 1.99. The fourth-order valence-electron chi connectivity index (χ4n) is 4.99. The molecule has 2 unspecified atom stereocenters. The van der Waals surface area contributed by atoms with Gasteiger partial charge in [-0.1, -0.05) is 19.9 Å². The Hall–Kier alpha value is -1.79. The van der Waals surface area contributed by atoms with Crippen molar-refractivity contribution in [3.8, 4) is 11.5 Å². The Morgan fingerprint density at radius 1 is 1.07 bits per heavy atom. The number of benzene rings is 1. The van der Waals surface area contributed by atoms with E-state index in [1.165, 1.54) is 38.8 Å². The monoisotopic (exact) mass is 415 g/mol. The van der Waals surface area contributed by atoms with E-state index in [1.807, 2.05) is 12.1 Å². The molecule has 2 saturated heterocycles. The highest BCUT2D eigenvalue weighted by Gasteiger charge is 2.30. The number of carbonyl (C=O) groups excluding carboxylic acids is 1. The zero-order valence-corrected chi connectivity index (χ0v) is 18.6. The summed E-state index contributed by atoms with van der Waals surface area (Å²) in [7, 11) is 0. The van der Waals surface area contributed by atoms with Crippen molar-refractivity contribution in [2.45, 2.75) is 58.0 Å². The third kappa shape index (κ3) is 5.27. The maximum atomic E-state index is 13.0. The summed E-state index contributed by atoms with van der Waals surface area (Å²) in [5.41, 5.74) is 1.08. The van der Waals surface area contributed by atoms with E-state index in [4.69, 9.17) is 9.47 Å². The van der Waals surface area contributed by atoms with Crippen LogP contribution in [0.5, 0.6) is 11.5 Å². The first-order chi connectivity index (χ1) is 14.6. The van der Waals surface area contributed by atoms with Gasteiger partial charge >= 0.3 is 0 Å². The molecule has 166 valence electrons. The number of hydrogen-bond acceptors (Lipinski definition) is 5. The van der Waals surface area contributed by atoms with Crippen molar-refractivity contribution in [2.75, 3.05) is 45.9 Å². The second-order valence-electron chi connectivity index (χ2n) is 9.32. The van der Waals surface area contributed by atoms with Crippen LogP contribution >= 0.6 is 0 Å². The van der Waals surface area contributed by atoms with Crippen LogP contribution in [0.2, 0.25) is 0 Å². The molecule has 2 fully saturated rings. The molecule has 3 aliphatic rings. The lowest BCUT2D eigenvalue weighted by molar-refractivity contribution is -0.123. The lowest BCUT2D eigenvalue weighted by Crippen LogP contribution is -2.45. The van der Waals surface area contributed by atoms with Gasteiger partial charge in [0.2, 0.25) is 5.91 Å². The van der Waals surface area contributed by atoms with E-state index in [-0.39, 0.29) is 17.9 Å². The highest BCUT2D eigenvalue weighted by atomic mass is 16.5. The van der Waals surface area contributed by atoms with Crippen LogP contribution in [-0.4, -0.2) is 67.7 Å². The average Bonchev–Trinajstić information content (AvgIpc) is 3.33. The molecule has 3 heterocycles. The Labute approximate surface area is 180 Å². The van der Waals surface area contributed by atoms with Crippen LogP contribution in [0.25, 0.3) is 0 Å². The molecule has 6 nitrogen and oxygen atoms in total. The molecule has 6 heteroatoms. The third-order valence-electron chi connectivity index (χ3n) is 6.63. The van der Waals surface area contributed by atoms with Gasteiger partial charge in [0, 0.05) is 19.0 Å². The van der Waals surface area contributed by atoms with Crippen molar-refractivity contribution in [1.29, 1.82) is 0 Å². The summed E-state index contributed by atoms with van der Waals surface area (Å²) < 4.78 is 11.6. The van der Waals surface area contributed by atoms with Gasteiger partial charge in [0.25, 0.3) is 0 Å². The highest BCUT2D eigenvalue weighted by molar-refractivity contribution is 5.78. The van der Waals surface area contributed by atoms with E-state index >= 15 is 0 Å². The normalized spacial score (nSPS) is 23.5. The fraction of sp³-hybridized carbons (Fsp3) is 0.708. The minimum absolute atomic E-state index is 0.0331. The second kappa shape index (κ2) is 10.0. The average molecular weight is 416 g/mol. The van der Waals surface area contributed by atoms with Gasteiger partial charge < -0.3 is 19.7 Å². The van der Waals surface area contributed by atoms with Crippen molar-refractivity contribution < 1.29 is 14.3 Å². The molecule has 0 radical (unpaired) electrons. The van der Waals surface area contributed by atoms with E-state index in [0.29, 0.717) is 25.8 Å². The van der Waals surface area contributed by atoms with Crippen LogP contribution in [-0.2, 0) is 4.79 Å². The zero-order chi connectivity index (χ0) is 20.9. The predicted octanol–water partition coefficient (Wildman–Crippen LogP) is 3.22. The maximum absolute atomic E-state index is 13.0. The molecule has 3 aliphatic heterocycles. The number of carbonyl (C=O) groups is 1. The Bertz CT molecular complexity index is 718. The SMILES string of the molecule is CC(C)C(NC(=O)CN1CCCC1CN1CCCC1)c1ccc2c(c1)OCCCO2. The predicted molar refractivity (Wildman–Crippen MR) is 118 cm³/mol. The summed E-state index contributed by atoms with van der Waals surface area (Å²) in [6, 6.07) is 6.56. The van der Waals surface area contributed by atoms with Gasteiger partial charge in [0.05, 0.1) is 25.8 Å². The fourth-order valence-corrected chi connectivity index (χ4v) is 4.99. The minimum Gasteiger partial charge on any atom is -0.490 e. The number of nitrogens with zero attached hydrogens (tertiary/aromatic N) is 2. The summed E-state index contributed by atoms with van der Waals surface area (Å²) in [6.07, 6.45) is 5.93.